The van der Waals surface area contributed by atoms with Crippen LogP contribution in [0, 0.1) is 0 Å². The third kappa shape index (κ3) is 7.12. The number of amides is 1. The van der Waals surface area contributed by atoms with E-state index in [1.165, 1.54) is 12.3 Å². The van der Waals surface area contributed by atoms with Gasteiger partial charge in [-0.3, -0.25) is 4.79 Å². The molecule has 0 atom stereocenters. The lowest BCUT2D eigenvalue weighted by molar-refractivity contribution is -0.111. The molecule has 0 saturated carbocycles. The summed E-state index contributed by atoms with van der Waals surface area (Å²) in [5, 5.41) is 6.17. The average molecular weight is 523 g/mol. The third-order valence-electron chi connectivity index (χ3n) is 5.66. The molecule has 1 amide bonds. The van der Waals surface area contributed by atoms with E-state index >= 15 is 0 Å². The smallest absolute Gasteiger partial charge is 0.247 e. The Morgan fingerprint density at radius 3 is 2.68 bits per heavy atom. The Morgan fingerprint density at radius 1 is 1.16 bits per heavy atom. The van der Waals surface area contributed by atoms with Crippen molar-refractivity contribution in [3.8, 4) is 17.4 Å². The molecule has 0 aliphatic carbocycles. The lowest BCUT2D eigenvalue weighted by Gasteiger charge is -2.34. The van der Waals surface area contributed by atoms with Crippen molar-refractivity contribution < 1.29 is 14.3 Å². The summed E-state index contributed by atoms with van der Waals surface area (Å²) in [7, 11) is 2.14. The first kappa shape index (κ1) is 26.2. The molecule has 0 bridgehead atoms. The quantitative estimate of drug-likeness (QED) is 0.364. The van der Waals surface area contributed by atoms with Crippen molar-refractivity contribution >= 4 is 40.5 Å². The van der Waals surface area contributed by atoms with E-state index in [9.17, 15) is 4.79 Å². The monoisotopic (exact) mass is 522 g/mol. The van der Waals surface area contributed by atoms with Gasteiger partial charge in [0.1, 0.15) is 16.5 Å². The number of carbonyl (C=O) groups excluding carboxylic acids is 1. The van der Waals surface area contributed by atoms with E-state index in [2.05, 4.69) is 50.1 Å². The summed E-state index contributed by atoms with van der Waals surface area (Å²) >= 11 is 6.32. The largest absolute Gasteiger partial charge is 0.489 e. The van der Waals surface area contributed by atoms with Gasteiger partial charge in [-0.25, -0.2) is 4.98 Å². The van der Waals surface area contributed by atoms with Crippen molar-refractivity contribution in [1.82, 2.24) is 14.9 Å². The molecule has 2 N–H and O–H groups in total. The molecule has 1 aliphatic rings. The van der Waals surface area contributed by atoms with E-state index in [1.54, 1.807) is 24.3 Å². The van der Waals surface area contributed by atoms with Gasteiger partial charge in [0, 0.05) is 49.7 Å². The zero-order chi connectivity index (χ0) is 26.4. The second-order valence-corrected chi connectivity index (χ2v) is 9.34. The van der Waals surface area contributed by atoms with Crippen LogP contribution in [-0.4, -0.2) is 60.1 Å². The molecule has 0 unspecified atom stereocenters. The van der Waals surface area contributed by atoms with Gasteiger partial charge in [-0.2, -0.15) is 4.98 Å². The fourth-order valence-corrected chi connectivity index (χ4v) is 3.90. The second kappa shape index (κ2) is 11.9. The van der Waals surface area contributed by atoms with Gasteiger partial charge in [0.25, 0.3) is 0 Å². The van der Waals surface area contributed by atoms with Crippen LogP contribution in [0.15, 0.2) is 61.3 Å². The van der Waals surface area contributed by atoms with Crippen LogP contribution < -0.4 is 25.0 Å². The third-order valence-corrected chi connectivity index (χ3v) is 5.92. The SMILES string of the molecule is C=CC(=O)Nc1cccc(Oc2nc(Nc3ccc(N4CCN(C)CC4)cc3OC(C)C)ncc2Cl)c1. The minimum atomic E-state index is -0.318. The van der Waals surface area contributed by atoms with Crippen molar-refractivity contribution in [3.05, 3.63) is 66.3 Å². The van der Waals surface area contributed by atoms with Crippen molar-refractivity contribution in [3.63, 3.8) is 0 Å². The number of nitrogens with one attached hydrogen (secondary N) is 2. The number of piperazine rings is 1. The van der Waals surface area contributed by atoms with Gasteiger partial charge in [-0.1, -0.05) is 24.2 Å². The van der Waals surface area contributed by atoms with Gasteiger partial charge in [-0.05, 0) is 51.2 Å². The van der Waals surface area contributed by atoms with E-state index < -0.39 is 0 Å². The molecule has 0 spiro atoms. The fraction of sp³-hybridized carbons (Fsp3) is 0.296. The number of nitrogens with zero attached hydrogens (tertiary/aromatic N) is 4. The molecule has 2 aromatic carbocycles. The fourth-order valence-electron chi connectivity index (χ4n) is 3.77. The van der Waals surface area contributed by atoms with Crippen LogP contribution in [0.3, 0.4) is 0 Å². The first-order valence-corrected chi connectivity index (χ1v) is 12.4. The van der Waals surface area contributed by atoms with Gasteiger partial charge in [0.15, 0.2) is 0 Å². The Kier molecular flexibility index (Phi) is 8.47. The van der Waals surface area contributed by atoms with E-state index in [4.69, 9.17) is 21.1 Å². The van der Waals surface area contributed by atoms with E-state index in [1.807, 2.05) is 26.0 Å². The van der Waals surface area contributed by atoms with Crippen LogP contribution >= 0.6 is 11.6 Å². The Hall–Kier alpha value is -3.82. The summed E-state index contributed by atoms with van der Waals surface area (Å²) < 4.78 is 12.0. The molecule has 2 heterocycles. The second-order valence-electron chi connectivity index (χ2n) is 8.93. The van der Waals surface area contributed by atoms with Gasteiger partial charge >= 0.3 is 0 Å². The Balaban J connectivity index is 1.54. The summed E-state index contributed by atoms with van der Waals surface area (Å²) in [6.45, 7) is 11.4. The minimum Gasteiger partial charge on any atom is -0.489 e. The normalized spacial score (nSPS) is 13.8. The molecule has 10 heteroatoms. The molecule has 3 aromatic rings. The number of carbonyl (C=O) groups is 1. The van der Waals surface area contributed by atoms with E-state index in [0.29, 0.717) is 23.1 Å². The number of hydrogen-bond donors (Lipinski definition) is 2. The summed E-state index contributed by atoms with van der Waals surface area (Å²) in [5.74, 6) is 1.32. The molecule has 1 aromatic heterocycles. The van der Waals surface area contributed by atoms with Crippen molar-refractivity contribution in [2.24, 2.45) is 0 Å². The van der Waals surface area contributed by atoms with Gasteiger partial charge in [-0.15, -0.1) is 0 Å². The number of halogens is 1. The van der Waals surface area contributed by atoms with E-state index in [0.717, 1.165) is 37.6 Å². The van der Waals surface area contributed by atoms with Crippen LogP contribution in [0.4, 0.5) is 23.0 Å². The highest BCUT2D eigenvalue weighted by atomic mass is 35.5. The Morgan fingerprint density at radius 2 is 1.95 bits per heavy atom. The highest BCUT2D eigenvalue weighted by molar-refractivity contribution is 6.31. The molecule has 1 saturated heterocycles. The standard InChI is InChI=1S/C27H31ClN6O3/c1-5-25(35)30-19-7-6-8-21(15-19)37-26-22(28)17-29-27(32-26)31-23-10-9-20(16-24(23)36-18(2)3)34-13-11-33(4)12-14-34/h5-10,15-18H,1,11-14H2,2-4H3,(H,30,35)(H,29,31,32). The minimum absolute atomic E-state index is 0.0119. The maximum atomic E-state index is 11.6. The summed E-state index contributed by atoms with van der Waals surface area (Å²) in [6, 6.07) is 13.0. The van der Waals surface area contributed by atoms with Crippen LogP contribution in [0.25, 0.3) is 0 Å². The molecule has 1 aliphatic heterocycles. The number of anilines is 4. The van der Waals surface area contributed by atoms with Gasteiger partial charge < -0.3 is 29.9 Å². The first-order valence-electron chi connectivity index (χ1n) is 12.1. The van der Waals surface area contributed by atoms with Crippen LogP contribution in [0.1, 0.15) is 13.8 Å². The lowest BCUT2D eigenvalue weighted by atomic mass is 10.2. The lowest BCUT2D eigenvalue weighted by Crippen LogP contribution is -2.44. The van der Waals surface area contributed by atoms with Crippen LogP contribution in [0.5, 0.6) is 17.4 Å². The topological polar surface area (TPSA) is 91.8 Å². The van der Waals surface area contributed by atoms with Gasteiger partial charge in [0.05, 0.1) is 18.0 Å². The summed E-state index contributed by atoms with van der Waals surface area (Å²) in [5.41, 5.74) is 2.40. The van der Waals surface area contributed by atoms with Gasteiger partial charge in [0.2, 0.25) is 17.7 Å². The molecular formula is C27H31ClN6O3. The number of ether oxygens (including phenoxy) is 2. The van der Waals surface area contributed by atoms with Crippen LogP contribution in [0.2, 0.25) is 5.02 Å². The maximum absolute atomic E-state index is 11.6. The molecule has 194 valence electrons. The highest BCUT2D eigenvalue weighted by Gasteiger charge is 2.18. The molecule has 0 radical (unpaired) electrons. The average Bonchev–Trinajstić information content (AvgIpc) is 2.87. The van der Waals surface area contributed by atoms with E-state index in [-0.39, 0.29) is 22.9 Å². The number of likely N-dealkylation sites (N-methyl/N-ethyl adjacent to an activating group) is 1. The molecule has 9 nitrogen and oxygen atoms in total. The molecule has 4 rings (SSSR count). The predicted molar refractivity (Wildman–Crippen MR) is 148 cm³/mol. The summed E-state index contributed by atoms with van der Waals surface area (Å²) in [6.07, 6.45) is 2.65. The Labute approximate surface area is 222 Å². The zero-order valence-electron chi connectivity index (χ0n) is 21.2. The van der Waals surface area contributed by atoms with Crippen LogP contribution in [-0.2, 0) is 4.79 Å². The molecular weight excluding hydrogens is 492 g/mol. The highest BCUT2D eigenvalue weighted by Crippen LogP contribution is 2.34. The predicted octanol–water partition coefficient (Wildman–Crippen LogP) is 5.33. The zero-order valence-corrected chi connectivity index (χ0v) is 22.0. The number of aromatic nitrogens is 2. The number of rotatable bonds is 9. The van der Waals surface area contributed by atoms with Crippen molar-refractivity contribution in [2.45, 2.75) is 20.0 Å². The molecule has 37 heavy (non-hydrogen) atoms. The maximum Gasteiger partial charge on any atom is 0.247 e. The van der Waals surface area contributed by atoms with Crippen molar-refractivity contribution in [1.29, 1.82) is 0 Å². The number of benzene rings is 2. The first-order chi connectivity index (χ1) is 17.8. The van der Waals surface area contributed by atoms with Crippen molar-refractivity contribution in [2.75, 3.05) is 48.8 Å². The Bertz CT molecular complexity index is 1260. The summed E-state index contributed by atoms with van der Waals surface area (Å²) in [4.78, 5) is 25.1. The number of hydrogen-bond acceptors (Lipinski definition) is 8. The molecule has 1 fully saturated rings.